The van der Waals surface area contributed by atoms with Gasteiger partial charge in [0.15, 0.2) is 0 Å². The Bertz CT molecular complexity index is 328. The fourth-order valence-electron chi connectivity index (χ4n) is 1.27. The first-order valence-electron chi connectivity index (χ1n) is 4.22. The van der Waals surface area contributed by atoms with Gasteiger partial charge < -0.3 is 0 Å². The van der Waals surface area contributed by atoms with E-state index in [1.165, 1.54) is 0 Å². The molecule has 1 rings (SSSR count). The van der Waals surface area contributed by atoms with Crippen LogP contribution in [0.25, 0.3) is 6.08 Å². The Labute approximate surface area is 81.1 Å². The van der Waals surface area contributed by atoms with E-state index in [4.69, 9.17) is 0 Å². The average molecular weight is 200 g/mol. The molecular formula is C11H11F3. The predicted octanol–water partition coefficient (Wildman–Crippen LogP) is 3.88. The lowest BCUT2D eigenvalue weighted by atomic mass is 10.0. The van der Waals surface area contributed by atoms with Crippen molar-refractivity contribution >= 4 is 6.08 Å². The van der Waals surface area contributed by atoms with Crippen molar-refractivity contribution in [3.8, 4) is 0 Å². The molecule has 0 heterocycles. The van der Waals surface area contributed by atoms with Gasteiger partial charge in [0.25, 0.3) is 0 Å². The maximum absolute atomic E-state index is 11.9. The highest BCUT2D eigenvalue weighted by atomic mass is 19.4. The van der Waals surface area contributed by atoms with Gasteiger partial charge in [0.2, 0.25) is 0 Å². The molecule has 1 aromatic carbocycles. The Morgan fingerprint density at radius 1 is 1.07 bits per heavy atom. The SMILES string of the molecule is Cc1cccc(C)c1/C=C/C(F)(F)F. The van der Waals surface area contributed by atoms with Gasteiger partial charge in [0, 0.05) is 6.08 Å². The van der Waals surface area contributed by atoms with Crippen molar-refractivity contribution in [1.82, 2.24) is 0 Å². The van der Waals surface area contributed by atoms with Gasteiger partial charge >= 0.3 is 6.18 Å². The molecule has 0 saturated heterocycles. The second-order valence-corrected chi connectivity index (χ2v) is 3.18. The topological polar surface area (TPSA) is 0 Å². The highest BCUT2D eigenvalue weighted by molar-refractivity contribution is 5.57. The van der Waals surface area contributed by atoms with Crippen LogP contribution in [0.2, 0.25) is 0 Å². The molecule has 76 valence electrons. The zero-order valence-electron chi connectivity index (χ0n) is 8.02. The molecule has 0 bridgehead atoms. The van der Waals surface area contributed by atoms with Crippen LogP contribution in [0.15, 0.2) is 24.3 Å². The molecule has 0 aliphatic heterocycles. The fraction of sp³-hybridized carbons (Fsp3) is 0.273. The number of hydrogen-bond acceptors (Lipinski definition) is 0. The van der Waals surface area contributed by atoms with E-state index in [9.17, 15) is 13.2 Å². The third-order valence-corrected chi connectivity index (χ3v) is 1.98. The lowest BCUT2D eigenvalue weighted by Gasteiger charge is -2.05. The molecule has 0 radical (unpaired) electrons. The lowest BCUT2D eigenvalue weighted by molar-refractivity contribution is -0.0790. The van der Waals surface area contributed by atoms with Crippen LogP contribution in [0.3, 0.4) is 0 Å². The van der Waals surface area contributed by atoms with Crippen molar-refractivity contribution in [3.63, 3.8) is 0 Å². The van der Waals surface area contributed by atoms with Gasteiger partial charge in [-0.15, -0.1) is 0 Å². The molecule has 0 aliphatic carbocycles. The van der Waals surface area contributed by atoms with Gasteiger partial charge in [-0.05, 0) is 36.6 Å². The minimum atomic E-state index is -4.24. The normalized spacial score (nSPS) is 12.4. The Balaban J connectivity index is 3.03. The Hall–Kier alpha value is -1.25. The van der Waals surface area contributed by atoms with Crippen LogP contribution >= 0.6 is 0 Å². The molecule has 0 amide bonds. The Morgan fingerprint density at radius 2 is 1.57 bits per heavy atom. The van der Waals surface area contributed by atoms with Gasteiger partial charge in [-0.3, -0.25) is 0 Å². The van der Waals surface area contributed by atoms with Gasteiger partial charge in [0.1, 0.15) is 0 Å². The minimum Gasteiger partial charge on any atom is -0.167 e. The monoisotopic (exact) mass is 200 g/mol. The minimum absolute atomic E-state index is 0.266. The van der Waals surface area contributed by atoms with E-state index in [1.54, 1.807) is 26.0 Å². The summed E-state index contributed by atoms with van der Waals surface area (Å²) < 4.78 is 35.8. The molecular weight excluding hydrogens is 189 g/mol. The van der Waals surface area contributed by atoms with Crippen molar-refractivity contribution in [2.45, 2.75) is 20.0 Å². The largest absolute Gasteiger partial charge is 0.409 e. The third kappa shape index (κ3) is 2.91. The molecule has 0 N–H and O–H groups in total. The number of hydrogen-bond donors (Lipinski definition) is 0. The zero-order valence-corrected chi connectivity index (χ0v) is 8.02. The second-order valence-electron chi connectivity index (χ2n) is 3.18. The number of alkyl halides is 3. The number of aryl methyl sites for hydroxylation is 2. The molecule has 0 nitrogen and oxygen atoms in total. The van der Waals surface area contributed by atoms with Crippen molar-refractivity contribution in [1.29, 1.82) is 0 Å². The highest BCUT2D eigenvalue weighted by Crippen LogP contribution is 2.21. The van der Waals surface area contributed by atoms with E-state index >= 15 is 0 Å². The quantitative estimate of drug-likeness (QED) is 0.645. The summed E-state index contributed by atoms with van der Waals surface area (Å²) in [4.78, 5) is 0. The summed E-state index contributed by atoms with van der Waals surface area (Å²) in [5.74, 6) is 0. The van der Waals surface area contributed by atoms with Crippen LogP contribution in [-0.2, 0) is 0 Å². The van der Waals surface area contributed by atoms with E-state index in [1.807, 2.05) is 6.07 Å². The zero-order chi connectivity index (χ0) is 10.8. The molecule has 1 aromatic rings. The molecule has 0 unspecified atom stereocenters. The first kappa shape index (κ1) is 10.8. The third-order valence-electron chi connectivity index (χ3n) is 1.98. The van der Waals surface area contributed by atoms with E-state index < -0.39 is 6.18 Å². The highest BCUT2D eigenvalue weighted by Gasteiger charge is 2.21. The molecule has 0 aliphatic rings. The molecule has 0 atom stereocenters. The lowest BCUT2D eigenvalue weighted by Crippen LogP contribution is -2.00. The van der Waals surface area contributed by atoms with Crippen LogP contribution in [0.5, 0.6) is 0 Å². The van der Waals surface area contributed by atoms with Gasteiger partial charge in [-0.25, -0.2) is 0 Å². The number of benzene rings is 1. The van der Waals surface area contributed by atoms with Crippen LogP contribution in [-0.4, -0.2) is 6.18 Å². The van der Waals surface area contributed by atoms with Crippen LogP contribution in [0.4, 0.5) is 13.2 Å². The second kappa shape index (κ2) is 3.86. The van der Waals surface area contributed by atoms with Crippen molar-refractivity contribution in [3.05, 3.63) is 41.0 Å². The van der Waals surface area contributed by atoms with E-state index in [2.05, 4.69) is 0 Å². The predicted molar refractivity (Wildman–Crippen MR) is 51.0 cm³/mol. The van der Waals surface area contributed by atoms with Crippen molar-refractivity contribution in [2.24, 2.45) is 0 Å². The summed E-state index contributed by atoms with van der Waals surface area (Å²) in [7, 11) is 0. The summed E-state index contributed by atoms with van der Waals surface area (Å²) >= 11 is 0. The van der Waals surface area contributed by atoms with Gasteiger partial charge in [-0.2, -0.15) is 13.2 Å². The fourth-order valence-corrected chi connectivity index (χ4v) is 1.27. The average Bonchev–Trinajstić information content (AvgIpc) is 2.01. The number of rotatable bonds is 1. The Morgan fingerprint density at radius 3 is 2.00 bits per heavy atom. The summed E-state index contributed by atoms with van der Waals surface area (Å²) in [6, 6.07) is 5.42. The van der Waals surface area contributed by atoms with E-state index in [-0.39, 0.29) is 6.08 Å². The maximum atomic E-state index is 11.9. The maximum Gasteiger partial charge on any atom is 0.409 e. The smallest absolute Gasteiger partial charge is 0.167 e. The number of halogens is 3. The van der Waals surface area contributed by atoms with Gasteiger partial charge in [-0.1, -0.05) is 18.2 Å². The molecule has 3 heteroatoms. The molecule has 0 spiro atoms. The first-order chi connectivity index (χ1) is 6.40. The van der Waals surface area contributed by atoms with Crippen molar-refractivity contribution in [2.75, 3.05) is 0 Å². The molecule has 0 aromatic heterocycles. The molecule has 14 heavy (non-hydrogen) atoms. The van der Waals surface area contributed by atoms with Crippen LogP contribution in [0.1, 0.15) is 16.7 Å². The first-order valence-corrected chi connectivity index (χ1v) is 4.22. The van der Waals surface area contributed by atoms with Crippen LogP contribution < -0.4 is 0 Å². The summed E-state index contributed by atoms with van der Waals surface area (Å²) in [6.45, 7) is 3.59. The summed E-state index contributed by atoms with van der Waals surface area (Å²) in [5, 5.41) is 0. The van der Waals surface area contributed by atoms with E-state index in [0.29, 0.717) is 5.56 Å². The van der Waals surface area contributed by atoms with E-state index in [0.717, 1.165) is 17.2 Å². The number of allylic oxidation sites excluding steroid dienone is 1. The molecule has 0 fully saturated rings. The van der Waals surface area contributed by atoms with Crippen molar-refractivity contribution < 1.29 is 13.2 Å². The summed E-state index contributed by atoms with van der Waals surface area (Å²) in [6.07, 6.45) is -2.86. The summed E-state index contributed by atoms with van der Waals surface area (Å²) in [5.41, 5.74) is 2.35. The van der Waals surface area contributed by atoms with Crippen LogP contribution in [0, 0.1) is 13.8 Å². The van der Waals surface area contributed by atoms with Gasteiger partial charge in [0.05, 0.1) is 0 Å². The Kier molecular flexibility index (Phi) is 2.99. The standard InChI is InChI=1S/C11H11F3/c1-8-4-3-5-9(2)10(8)6-7-11(12,13)14/h3-7H,1-2H3/b7-6+. The molecule has 0 saturated carbocycles.